The minimum absolute atomic E-state index is 0.254. The summed E-state index contributed by atoms with van der Waals surface area (Å²) in [6, 6.07) is 7.09. The van der Waals surface area contributed by atoms with E-state index < -0.39 is 17.6 Å². The molecule has 6 heteroatoms. The van der Waals surface area contributed by atoms with Crippen LogP contribution in [0.2, 0.25) is 0 Å². The fourth-order valence-corrected chi connectivity index (χ4v) is 2.31. The van der Waals surface area contributed by atoms with Gasteiger partial charge in [-0.25, -0.2) is 4.79 Å². The van der Waals surface area contributed by atoms with Crippen LogP contribution in [-0.4, -0.2) is 42.6 Å². The number of fused-ring (bicyclic) bond motifs is 1. The number of benzene rings is 1. The van der Waals surface area contributed by atoms with Crippen LogP contribution < -0.4 is 10.6 Å². The summed E-state index contributed by atoms with van der Waals surface area (Å²) in [5.41, 5.74) is 1.18. The highest BCUT2D eigenvalue weighted by Gasteiger charge is 2.30. The first-order valence-corrected chi connectivity index (χ1v) is 7.51. The van der Waals surface area contributed by atoms with Gasteiger partial charge in [0.15, 0.2) is 0 Å². The number of amides is 1. The van der Waals surface area contributed by atoms with Crippen molar-refractivity contribution in [3.8, 4) is 0 Å². The number of likely N-dealkylation sites (N-methyl/N-ethyl adjacent to an activating group) is 1. The molecule has 0 saturated heterocycles. The van der Waals surface area contributed by atoms with E-state index in [1.54, 1.807) is 20.9 Å². The van der Waals surface area contributed by atoms with Gasteiger partial charge < -0.3 is 20.4 Å². The molecule has 2 rings (SSSR count). The number of aromatic nitrogens is 1. The number of hydrogen-bond donors (Lipinski definition) is 3. The predicted octanol–water partition coefficient (Wildman–Crippen LogP) is 1.37. The Morgan fingerprint density at radius 2 is 2.00 bits per heavy atom. The molecule has 2 aromatic rings. The van der Waals surface area contributed by atoms with Crippen LogP contribution in [0.3, 0.4) is 0 Å². The second-order valence-corrected chi connectivity index (χ2v) is 5.99. The molecule has 0 aliphatic rings. The molecule has 0 aliphatic heterocycles. The quantitative estimate of drug-likeness (QED) is 0.703. The van der Waals surface area contributed by atoms with E-state index in [1.807, 2.05) is 30.5 Å². The summed E-state index contributed by atoms with van der Waals surface area (Å²) < 4.78 is 4.84. The summed E-state index contributed by atoms with van der Waals surface area (Å²) in [7, 11) is 3.02. The molecule has 124 valence electrons. The Morgan fingerprint density at radius 3 is 2.65 bits per heavy atom. The molecule has 3 N–H and O–H groups in total. The Balaban J connectivity index is 2.23. The molecule has 1 unspecified atom stereocenters. The monoisotopic (exact) mass is 317 g/mol. The Morgan fingerprint density at radius 1 is 1.30 bits per heavy atom. The third kappa shape index (κ3) is 3.71. The standard InChI is InChI=1S/C17H23N3O3/c1-17(2,18-3)16(22)20-14(15(21)23-4)9-11-10-19-13-8-6-5-7-12(11)13/h5-8,10,14,18-19H,9H2,1-4H3,(H,20,22). The molecule has 1 atom stereocenters. The van der Waals surface area contributed by atoms with E-state index in [2.05, 4.69) is 15.6 Å². The third-order valence-corrected chi connectivity index (χ3v) is 4.08. The summed E-state index contributed by atoms with van der Waals surface area (Å²) in [6.07, 6.45) is 2.22. The number of methoxy groups -OCH3 is 1. The molecule has 0 spiro atoms. The van der Waals surface area contributed by atoms with Crippen molar-refractivity contribution < 1.29 is 14.3 Å². The maximum atomic E-state index is 12.3. The molecule has 1 aromatic carbocycles. The lowest BCUT2D eigenvalue weighted by atomic mass is 10.0. The zero-order chi connectivity index (χ0) is 17.0. The van der Waals surface area contributed by atoms with Crippen molar-refractivity contribution in [1.82, 2.24) is 15.6 Å². The van der Waals surface area contributed by atoms with E-state index in [9.17, 15) is 9.59 Å². The van der Waals surface area contributed by atoms with Crippen LogP contribution in [0, 0.1) is 0 Å². The van der Waals surface area contributed by atoms with Gasteiger partial charge in [-0.1, -0.05) is 18.2 Å². The fraction of sp³-hybridized carbons (Fsp3) is 0.412. The van der Waals surface area contributed by atoms with Gasteiger partial charge in [-0.2, -0.15) is 0 Å². The van der Waals surface area contributed by atoms with Gasteiger partial charge in [0.1, 0.15) is 6.04 Å². The number of ether oxygens (including phenoxy) is 1. The zero-order valence-electron chi connectivity index (χ0n) is 13.9. The number of carbonyl (C=O) groups excluding carboxylic acids is 2. The number of aromatic amines is 1. The first-order valence-electron chi connectivity index (χ1n) is 7.51. The summed E-state index contributed by atoms with van der Waals surface area (Å²) in [5.74, 6) is -0.717. The van der Waals surface area contributed by atoms with Crippen molar-refractivity contribution in [3.05, 3.63) is 36.0 Å². The smallest absolute Gasteiger partial charge is 0.328 e. The van der Waals surface area contributed by atoms with Crippen LogP contribution in [0.1, 0.15) is 19.4 Å². The van der Waals surface area contributed by atoms with Crippen molar-refractivity contribution in [2.45, 2.75) is 31.8 Å². The first kappa shape index (κ1) is 17.0. The zero-order valence-corrected chi connectivity index (χ0v) is 13.9. The second-order valence-electron chi connectivity index (χ2n) is 5.99. The molecular formula is C17H23N3O3. The number of rotatable bonds is 6. The van der Waals surface area contributed by atoms with E-state index in [1.165, 1.54) is 7.11 Å². The number of carbonyl (C=O) groups is 2. The van der Waals surface area contributed by atoms with Crippen LogP contribution in [0.25, 0.3) is 10.9 Å². The van der Waals surface area contributed by atoms with Gasteiger partial charge in [0.05, 0.1) is 12.6 Å². The van der Waals surface area contributed by atoms with Crippen molar-refractivity contribution in [1.29, 1.82) is 0 Å². The molecule has 23 heavy (non-hydrogen) atoms. The summed E-state index contributed by atoms with van der Waals surface area (Å²) >= 11 is 0. The largest absolute Gasteiger partial charge is 0.467 e. The van der Waals surface area contributed by atoms with Crippen LogP contribution in [-0.2, 0) is 20.7 Å². The molecule has 1 aromatic heterocycles. The molecule has 0 saturated carbocycles. The van der Waals surface area contributed by atoms with Gasteiger partial charge in [-0.05, 0) is 32.5 Å². The lowest BCUT2D eigenvalue weighted by molar-refractivity contribution is -0.145. The van der Waals surface area contributed by atoms with Crippen LogP contribution in [0.15, 0.2) is 30.5 Å². The number of hydrogen-bond acceptors (Lipinski definition) is 4. The van der Waals surface area contributed by atoms with E-state index in [-0.39, 0.29) is 5.91 Å². The highest BCUT2D eigenvalue weighted by atomic mass is 16.5. The number of H-pyrrole nitrogens is 1. The Kier molecular flexibility index (Phi) is 5.05. The Labute approximate surface area is 135 Å². The van der Waals surface area contributed by atoms with Gasteiger partial charge in [0.25, 0.3) is 0 Å². The predicted molar refractivity (Wildman–Crippen MR) is 89.1 cm³/mol. The van der Waals surface area contributed by atoms with Crippen LogP contribution in [0.4, 0.5) is 0 Å². The topological polar surface area (TPSA) is 83.2 Å². The Bertz CT molecular complexity index is 706. The van der Waals surface area contributed by atoms with E-state index in [4.69, 9.17) is 4.74 Å². The second kappa shape index (κ2) is 6.83. The maximum Gasteiger partial charge on any atom is 0.328 e. The van der Waals surface area contributed by atoms with Gasteiger partial charge in [-0.15, -0.1) is 0 Å². The third-order valence-electron chi connectivity index (χ3n) is 4.08. The Hall–Kier alpha value is -2.34. The molecule has 0 radical (unpaired) electrons. The van der Waals surface area contributed by atoms with E-state index in [0.29, 0.717) is 6.42 Å². The van der Waals surface area contributed by atoms with Crippen LogP contribution in [0.5, 0.6) is 0 Å². The molecule has 1 amide bonds. The maximum absolute atomic E-state index is 12.3. The average molecular weight is 317 g/mol. The van der Waals surface area contributed by atoms with Crippen molar-refractivity contribution >= 4 is 22.8 Å². The van der Waals surface area contributed by atoms with E-state index >= 15 is 0 Å². The molecule has 6 nitrogen and oxygen atoms in total. The van der Waals surface area contributed by atoms with Crippen molar-refractivity contribution in [2.75, 3.05) is 14.2 Å². The van der Waals surface area contributed by atoms with Crippen molar-refractivity contribution in [3.63, 3.8) is 0 Å². The summed E-state index contributed by atoms with van der Waals surface area (Å²) in [6.45, 7) is 3.50. The molecule has 1 heterocycles. The molecule has 0 fully saturated rings. The number of nitrogens with one attached hydrogen (secondary N) is 3. The van der Waals surface area contributed by atoms with Gasteiger partial charge >= 0.3 is 5.97 Å². The summed E-state index contributed by atoms with van der Waals surface area (Å²) in [5, 5.41) is 6.72. The molecule has 0 bridgehead atoms. The van der Waals surface area contributed by atoms with Gasteiger partial charge in [0, 0.05) is 23.5 Å². The highest BCUT2D eigenvalue weighted by molar-refractivity contribution is 5.91. The first-order chi connectivity index (χ1) is 10.9. The van der Waals surface area contributed by atoms with Crippen molar-refractivity contribution in [2.24, 2.45) is 0 Å². The van der Waals surface area contributed by atoms with Crippen LogP contribution >= 0.6 is 0 Å². The average Bonchev–Trinajstić information content (AvgIpc) is 2.96. The summed E-state index contributed by atoms with van der Waals surface area (Å²) in [4.78, 5) is 27.6. The lowest BCUT2D eigenvalue weighted by Crippen LogP contribution is -2.56. The number of para-hydroxylation sites is 1. The lowest BCUT2D eigenvalue weighted by Gasteiger charge is -2.26. The minimum atomic E-state index is -0.771. The normalized spacial score (nSPS) is 12.9. The number of esters is 1. The van der Waals surface area contributed by atoms with Gasteiger partial charge in [0.2, 0.25) is 5.91 Å². The molecular weight excluding hydrogens is 294 g/mol. The minimum Gasteiger partial charge on any atom is -0.467 e. The molecule has 0 aliphatic carbocycles. The SMILES string of the molecule is CNC(C)(C)C(=O)NC(Cc1c[nH]c2ccccc12)C(=O)OC. The van der Waals surface area contributed by atoms with E-state index in [0.717, 1.165) is 16.5 Å². The highest BCUT2D eigenvalue weighted by Crippen LogP contribution is 2.19. The van der Waals surface area contributed by atoms with Gasteiger partial charge in [-0.3, -0.25) is 4.79 Å². The fourth-order valence-electron chi connectivity index (χ4n) is 2.31.